The molecule has 2 N–H and O–H groups in total. The van der Waals surface area contributed by atoms with Gasteiger partial charge < -0.3 is 9.73 Å². The Bertz CT molecular complexity index is 726. The van der Waals surface area contributed by atoms with Crippen LogP contribution >= 0.6 is 15.9 Å². The lowest BCUT2D eigenvalue weighted by atomic mass is 10.2. The van der Waals surface area contributed by atoms with Gasteiger partial charge in [-0.1, -0.05) is 13.0 Å². The summed E-state index contributed by atoms with van der Waals surface area (Å²) in [4.78, 5) is 0. The summed E-state index contributed by atoms with van der Waals surface area (Å²) in [6, 6.07) is 8.50. The van der Waals surface area contributed by atoms with E-state index in [0.717, 1.165) is 12.1 Å². The first kappa shape index (κ1) is 16.1. The van der Waals surface area contributed by atoms with Crippen molar-refractivity contribution in [1.29, 1.82) is 0 Å². The molecule has 0 saturated carbocycles. The van der Waals surface area contributed by atoms with Gasteiger partial charge in [-0.05, 0) is 59.2 Å². The number of benzene rings is 1. The molecule has 0 amide bonds. The van der Waals surface area contributed by atoms with Gasteiger partial charge in [0.15, 0.2) is 0 Å². The number of furan rings is 1. The quantitative estimate of drug-likeness (QED) is 0.816. The lowest BCUT2D eigenvalue weighted by Crippen LogP contribution is -2.13. The fourth-order valence-corrected chi connectivity index (χ4v) is 3.50. The van der Waals surface area contributed by atoms with E-state index >= 15 is 0 Å². The molecule has 0 radical (unpaired) electrons. The summed E-state index contributed by atoms with van der Waals surface area (Å²) in [5.74, 6) is 0.584. The molecule has 0 saturated heterocycles. The molecule has 1 aromatic carbocycles. The standard InChI is InChI=1S/C14H17BrN2O3S/c1-3-16-9-11-5-7-14(20-11)21(18,19)17-13-6-4-10(2)8-12(13)15/h4-8,16-17H,3,9H2,1-2H3. The average Bonchev–Trinajstić information content (AvgIpc) is 2.89. The van der Waals surface area contributed by atoms with Crippen molar-refractivity contribution in [3.8, 4) is 0 Å². The van der Waals surface area contributed by atoms with Crippen molar-refractivity contribution in [2.75, 3.05) is 11.3 Å². The number of anilines is 1. The Morgan fingerprint density at radius 3 is 2.67 bits per heavy atom. The molecule has 0 aliphatic heterocycles. The van der Waals surface area contributed by atoms with Crippen LogP contribution in [0.4, 0.5) is 5.69 Å². The van der Waals surface area contributed by atoms with Crippen molar-refractivity contribution in [3.63, 3.8) is 0 Å². The van der Waals surface area contributed by atoms with Gasteiger partial charge in [-0.15, -0.1) is 0 Å². The van der Waals surface area contributed by atoms with E-state index in [4.69, 9.17) is 4.42 Å². The van der Waals surface area contributed by atoms with Crippen molar-refractivity contribution < 1.29 is 12.8 Å². The Hall–Kier alpha value is -1.31. The number of rotatable bonds is 6. The Kier molecular flexibility index (Phi) is 5.08. The van der Waals surface area contributed by atoms with Gasteiger partial charge in [-0.2, -0.15) is 8.42 Å². The van der Waals surface area contributed by atoms with Crippen LogP contribution in [0.25, 0.3) is 0 Å². The Balaban J connectivity index is 2.19. The first-order valence-electron chi connectivity index (χ1n) is 6.51. The minimum Gasteiger partial charge on any atom is -0.446 e. The molecule has 0 spiro atoms. The molecule has 7 heteroatoms. The molecule has 1 heterocycles. The van der Waals surface area contributed by atoms with Gasteiger partial charge in [0.2, 0.25) is 5.09 Å². The molecule has 21 heavy (non-hydrogen) atoms. The largest absolute Gasteiger partial charge is 0.446 e. The lowest BCUT2D eigenvalue weighted by molar-refractivity contribution is 0.405. The first-order chi connectivity index (χ1) is 9.92. The summed E-state index contributed by atoms with van der Waals surface area (Å²) in [6.45, 7) is 5.19. The molecular formula is C14H17BrN2O3S. The van der Waals surface area contributed by atoms with Crippen molar-refractivity contribution in [1.82, 2.24) is 5.32 Å². The topological polar surface area (TPSA) is 71.3 Å². The highest BCUT2D eigenvalue weighted by molar-refractivity contribution is 9.10. The van der Waals surface area contributed by atoms with Gasteiger partial charge in [-0.25, -0.2) is 0 Å². The van der Waals surface area contributed by atoms with E-state index in [2.05, 4.69) is 26.0 Å². The maximum absolute atomic E-state index is 12.3. The molecule has 0 aliphatic carbocycles. The second-order valence-electron chi connectivity index (χ2n) is 4.59. The fraction of sp³-hybridized carbons (Fsp3) is 0.286. The van der Waals surface area contributed by atoms with Crippen LogP contribution in [0.5, 0.6) is 0 Å². The number of halogens is 1. The van der Waals surface area contributed by atoms with Crippen LogP contribution in [0.3, 0.4) is 0 Å². The molecule has 0 aliphatic rings. The highest BCUT2D eigenvalue weighted by atomic mass is 79.9. The van der Waals surface area contributed by atoms with E-state index < -0.39 is 10.0 Å². The third kappa shape index (κ3) is 4.09. The Labute approximate surface area is 132 Å². The highest BCUT2D eigenvalue weighted by Gasteiger charge is 2.19. The minimum atomic E-state index is -3.73. The van der Waals surface area contributed by atoms with Gasteiger partial charge in [0, 0.05) is 4.47 Å². The number of sulfonamides is 1. The van der Waals surface area contributed by atoms with E-state index in [9.17, 15) is 8.42 Å². The molecule has 2 aromatic rings. The van der Waals surface area contributed by atoms with Gasteiger partial charge in [-0.3, -0.25) is 4.72 Å². The van der Waals surface area contributed by atoms with Crippen LogP contribution in [0, 0.1) is 6.92 Å². The molecule has 0 bridgehead atoms. The molecule has 5 nitrogen and oxygen atoms in total. The second-order valence-corrected chi connectivity index (χ2v) is 7.06. The van der Waals surface area contributed by atoms with Crippen LogP contribution in [0.1, 0.15) is 18.2 Å². The molecular weight excluding hydrogens is 356 g/mol. The summed E-state index contributed by atoms with van der Waals surface area (Å²) in [6.07, 6.45) is 0. The minimum absolute atomic E-state index is 0.0946. The normalized spacial score (nSPS) is 11.6. The van der Waals surface area contributed by atoms with Crippen LogP contribution in [0.15, 0.2) is 44.3 Å². The molecule has 1 aromatic heterocycles. The third-order valence-electron chi connectivity index (χ3n) is 2.82. The number of nitrogens with one attached hydrogen (secondary N) is 2. The zero-order chi connectivity index (χ0) is 15.5. The molecule has 0 atom stereocenters. The SMILES string of the molecule is CCNCc1ccc(S(=O)(=O)Nc2ccc(C)cc2Br)o1. The van der Waals surface area contributed by atoms with E-state index in [1.54, 1.807) is 12.1 Å². The predicted molar refractivity (Wildman–Crippen MR) is 85.8 cm³/mol. The molecule has 0 unspecified atom stereocenters. The van der Waals surface area contributed by atoms with Crippen LogP contribution < -0.4 is 10.0 Å². The summed E-state index contributed by atoms with van der Waals surface area (Å²) < 4.78 is 33.1. The smallest absolute Gasteiger partial charge is 0.295 e. The summed E-state index contributed by atoms with van der Waals surface area (Å²) in [5, 5.41) is 2.98. The highest BCUT2D eigenvalue weighted by Crippen LogP contribution is 2.26. The van der Waals surface area contributed by atoms with E-state index in [1.165, 1.54) is 6.07 Å². The Morgan fingerprint density at radius 1 is 1.24 bits per heavy atom. The van der Waals surface area contributed by atoms with E-state index in [1.807, 2.05) is 26.0 Å². The zero-order valence-corrected chi connectivity index (χ0v) is 14.2. The maximum atomic E-state index is 12.3. The van der Waals surface area contributed by atoms with Crippen LogP contribution in [0.2, 0.25) is 0 Å². The molecule has 114 valence electrons. The molecule has 2 rings (SSSR count). The predicted octanol–water partition coefficient (Wildman–Crippen LogP) is 3.26. The fourth-order valence-electron chi connectivity index (χ4n) is 1.74. The molecule has 0 fully saturated rings. The maximum Gasteiger partial charge on any atom is 0.295 e. The second kappa shape index (κ2) is 6.64. The van der Waals surface area contributed by atoms with Gasteiger partial charge in [0.1, 0.15) is 5.76 Å². The number of hydrogen-bond donors (Lipinski definition) is 2. The van der Waals surface area contributed by atoms with E-state index in [0.29, 0.717) is 22.5 Å². The zero-order valence-electron chi connectivity index (χ0n) is 11.8. The average molecular weight is 373 g/mol. The van der Waals surface area contributed by atoms with Gasteiger partial charge >= 0.3 is 0 Å². The van der Waals surface area contributed by atoms with Crippen LogP contribution in [-0.2, 0) is 16.6 Å². The first-order valence-corrected chi connectivity index (χ1v) is 8.78. The van der Waals surface area contributed by atoms with Crippen molar-refractivity contribution in [3.05, 3.63) is 46.1 Å². The summed E-state index contributed by atoms with van der Waals surface area (Å²) >= 11 is 3.34. The summed E-state index contributed by atoms with van der Waals surface area (Å²) in [7, 11) is -3.73. The summed E-state index contributed by atoms with van der Waals surface area (Å²) in [5.41, 5.74) is 1.51. The van der Waals surface area contributed by atoms with Gasteiger partial charge in [0.25, 0.3) is 10.0 Å². The monoisotopic (exact) mass is 372 g/mol. The Morgan fingerprint density at radius 2 is 2.00 bits per heavy atom. The lowest BCUT2D eigenvalue weighted by Gasteiger charge is -2.08. The van der Waals surface area contributed by atoms with E-state index in [-0.39, 0.29) is 5.09 Å². The number of aryl methyl sites for hydroxylation is 1. The third-order valence-corrected chi connectivity index (χ3v) is 4.71. The van der Waals surface area contributed by atoms with Gasteiger partial charge in [0.05, 0.1) is 12.2 Å². The van der Waals surface area contributed by atoms with Crippen LogP contribution in [-0.4, -0.2) is 15.0 Å². The van der Waals surface area contributed by atoms with Crippen molar-refractivity contribution in [2.45, 2.75) is 25.5 Å². The number of hydrogen-bond acceptors (Lipinski definition) is 4. The van der Waals surface area contributed by atoms with Crippen molar-refractivity contribution >= 4 is 31.6 Å². The van der Waals surface area contributed by atoms with Crippen molar-refractivity contribution in [2.24, 2.45) is 0 Å².